The number of carbonyl (C=O) groups is 1. The number of amides is 1. The molecule has 2 heterocycles. The number of nitrogen functional groups attached to an aromatic ring is 1. The zero-order chi connectivity index (χ0) is 25.8. The fourth-order valence-electron chi connectivity index (χ4n) is 2.93. The van der Waals surface area contributed by atoms with Gasteiger partial charge in [-0.2, -0.15) is 18.2 Å². The summed E-state index contributed by atoms with van der Waals surface area (Å²) in [6.45, 7) is -0.237. The topological polar surface area (TPSA) is 149 Å². The number of hydrogen-bond acceptors (Lipinski definition) is 8. The Morgan fingerprint density at radius 2 is 1.89 bits per heavy atom. The second-order valence-electron chi connectivity index (χ2n) is 7.21. The first kappa shape index (κ1) is 28.6. The minimum Gasteiger partial charge on any atom is -0.476 e. The van der Waals surface area contributed by atoms with Gasteiger partial charge >= 0.3 is 6.18 Å². The monoisotopic (exact) mass is 534 g/mol. The molecular formula is C21H20ClF5N6O3. The number of carbonyl (C=O) groups excluding carboxylic acids is 1. The normalized spacial score (nSPS) is 12.0. The van der Waals surface area contributed by atoms with Gasteiger partial charge in [0.2, 0.25) is 5.88 Å². The third-order valence-electron chi connectivity index (χ3n) is 4.74. The van der Waals surface area contributed by atoms with Crippen molar-refractivity contribution in [2.45, 2.75) is 6.18 Å². The van der Waals surface area contributed by atoms with E-state index in [-0.39, 0.29) is 43.7 Å². The van der Waals surface area contributed by atoms with Crippen LogP contribution in [0.3, 0.4) is 0 Å². The smallest absolute Gasteiger partial charge is 0.418 e. The summed E-state index contributed by atoms with van der Waals surface area (Å²) in [6.07, 6.45) is -2.85. The lowest BCUT2D eigenvalue weighted by atomic mass is 10.0. The number of aliphatic hydroxyl groups excluding tert-OH is 1. The molecule has 15 heteroatoms. The summed E-state index contributed by atoms with van der Waals surface area (Å²) in [5, 5.41) is 11.5. The fourth-order valence-corrected chi connectivity index (χ4v) is 2.93. The van der Waals surface area contributed by atoms with Gasteiger partial charge in [0, 0.05) is 12.5 Å². The molecule has 0 saturated carbocycles. The number of pyridine rings is 1. The third-order valence-corrected chi connectivity index (χ3v) is 4.74. The van der Waals surface area contributed by atoms with Crippen LogP contribution in [-0.2, 0) is 6.18 Å². The molecule has 0 radical (unpaired) electrons. The molecule has 2 aromatic heterocycles. The number of halogens is 6. The molecule has 194 valence electrons. The lowest BCUT2D eigenvalue weighted by Gasteiger charge is -2.17. The van der Waals surface area contributed by atoms with Crippen LogP contribution in [0.5, 0.6) is 5.88 Å². The maximum absolute atomic E-state index is 14.3. The molecule has 6 N–H and O–H groups in total. The van der Waals surface area contributed by atoms with Gasteiger partial charge in [-0.05, 0) is 18.2 Å². The average Bonchev–Trinajstić information content (AvgIpc) is 2.80. The Hall–Kier alpha value is -3.62. The summed E-state index contributed by atoms with van der Waals surface area (Å²) >= 11 is 0. The van der Waals surface area contributed by atoms with Crippen molar-refractivity contribution in [3.8, 4) is 17.1 Å². The van der Waals surface area contributed by atoms with Crippen LogP contribution in [0.15, 0.2) is 36.8 Å². The molecule has 0 bridgehead atoms. The zero-order valence-electron chi connectivity index (χ0n) is 18.2. The molecule has 1 amide bonds. The molecule has 36 heavy (non-hydrogen) atoms. The number of benzene rings is 1. The summed E-state index contributed by atoms with van der Waals surface area (Å²) in [5.41, 5.74) is 5.85. The van der Waals surface area contributed by atoms with Gasteiger partial charge in [0.1, 0.15) is 23.6 Å². The van der Waals surface area contributed by atoms with Crippen molar-refractivity contribution in [1.29, 1.82) is 0 Å². The molecule has 1 aromatic carbocycles. The summed E-state index contributed by atoms with van der Waals surface area (Å²) in [4.78, 5) is 24.0. The number of rotatable bonds is 8. The van der Waals surface area contributed by atoms with Crippen molar-refractivity contribution in [2.24, 2.45) is 11.7 Å². The van der Waals surface area contributed by atoms with Gasteiger partial charge in [-0.15, -0.1) is 12.4 Å². The number of aliphatic hydroxyl groups is 1. The van der Waals surface area contributed by atoms with Crippen molar-refractivity contribution in [2.75, 3.05) is 30.8 Å². The van der Waals surface area contributed by atoms with Crippen LogP contribution < -0.4 is 21.5 Å². The third kappa shape index (κ3) is 6.33. The van der Waals surface area contributed by atoms with Crippen molar-refractivity contribution in [3.05, 3.63) is 59.7 Å². The van der Waals surface area contributed by atoms with Gasteiger partial charge in [-0.1, -0.05) is 6.07 Å². The molecule has 3 aromatic rings. The van der Waals surface area contributed by atoms with Crippen LogP contribution >= 0.6 is 12.4 Å². The number of aromatic nitrogens is 3. The van der Waals surface area contributed by atoms with Gasteiger partial charge in [-0.3, -0.25) is 4.79 Å². The lowest BCUT2D eigenvalue weighted by molar-refractivity contribution is -0.137. The maximum Gasteiger partial charge on any atom is 0.418 e. The molecule has 3 rings (SSSR count). The highest BCUT2D eigenvalue weighted by atomic mass is 35.5. The van der Waals surface area contributed by atoms with Crippen LogP contribution in [0.4, 0.5) is 33.3 Å². The lowest BCUT2D eigenvalue weighted by Crippen LogP contribution is -2.25. The molecule has 0 aliphatic carbocycles. The average molecular weight is 535 g/mol. The van der Waals surface area contributed by atoms with E-state index in [0.29, 0.717) is 6.07 Å². The van der Waals surface area contributed by atoms with E-state index in [2.05, 4.69) is 20.3 Å². The van der Waals surface area contributed by atoms with Gasteiger partial charge in [0.05, 0.1) is 41.9 Å². The number of nitrogens with zero attached hydrogens (tertiary/aromatic N) is 3. The van der Waals surface area contributed by atoms with Crippen molar-refractivity contribution in [3.63, 3.8) is 0 Å². The second-order valence-corrected chi connectivity index (χ2v) is 7.21. The van der Waals surface area contributed by atoms with Crippen molar-refractivity contribution >= 4 is 29.7 Å². The molecular weight excluding hydrogens is 515 g/mol. The summed E-state index contributed by atoms with van der Waals surface area (Å²) in [5.74, 6) is -4.31. The Morgan fingerprint density at radius 1 is 1.22 bits per heavy atom. The Bertz CT molecular complexity index is 1210. The number of nitrogens with one attached hydrogen (secondary N) is 1. The predicted octanol–water partition coefficient (Wildman–Crippen LogP) is 3.04. The van der Waals surface area contributed by atoms with E-state index in [1.807, 2.05) is 0 Å². The molecule has 0 spiro atoms. The molecule has 1 atom stereocenters. The first-order valence-electron chi connectivity index (χ1n) is 9.94. The van der Waals surface area contributed by atoms with Gasteiger partial charge in [0.25, 0.3) is 5.91 Å². The molecule has 0 fully saturated rings. The van der Waals surface area contributed by atoms with Crippen LogP contribution in [0, 0.1) is 17.6 Å². The number of anilines is 2. The van der Waals surface area contributed by atoms with E-state index >= 15 is 0 Å². The van der Waals surface area contributed by atoms with Gasteiger partial charge in [-0.25, -0.2) is 18.7 Å². The SMILES string of the molecule is Cl.NCC(CO)COc1ncncc1NC(=O)c1nc(-c2c(F)cccc2F)c(C(F)(F)F)cc1N. The summed E-state index contributed by atoms with van der Waals surface area (Å²) in [6, 6.07) is 2.84. The first-order chi connectivity index (χ1) is 16.6. The van der Waals surface area contributed by atoms with E-state index in [9.17, 15) is 31.9 Å². The zero-order valence-corrected chi connectivity index (χ0v) is 19.0. The first-order valence-corrected chi connectivity index (χ1v) is 9.94. The second kappa shape index (κ2) is 11.9. The highest BCUT2D eigenvalue weighted by Gasteiger charge is 2.37. The highest BCUT2D eigenvalue weighted by Crippen LogP contribution is 2.39. The number of hydrogen-bond donors (Lipinski definition) is 4. The van der Waals surface area contributed by atoms with E-state index in [0.717, 1.165) is 30.7 Å². The molecule has 0 saturated heterocycles. The van der Waals surface area contributed by atoms with E-state index in [1.165, 1.54) is 0 Å². The Kier molecular flexibility index (Phi) is 9.44. The minimum absolute atomic E-state index is 0. The standard InChI is InChI=1S/C21H19F5N6O3.ClH/c22-12-2-1-3-13(23)16(12)17-11(21(24,25)26)4-14(28)18(32-17)19(34)31-15-6-29-9-30-20(15)35-8-10(5-27)7-33;/h1-4,6,9-10,33H,5,7-8,27-28H2,(H,31,34);1H. The fraction of sp³-hybridized carbons (Fsp3) is 0.238. The maximum atomic E-state index is 14.3. The van der Waals surface area contributed by atoms with Crippen LogP contribution in [0.2, 0.25) is 0 Å². The predicted molar refractivity (Wildman–Crippen MR) is 121 cm³/mol. The quantitative estimate of drug-likeness (QED) is 0.322. The van der Waals surface area contributed by atoms with Crippen LogP contribution in [0.1, 0.15) is 16.1 Å². The van der Waals surface area contributed by atoms with E-state index in [4.69, 9.17) is 16.2 Å². The molecule has 0 aliphatic heterocycles. The Morgan fingerprint density at radius 3 is 2.47 bits per heavy atom. The van der Waals surface area contributed by atoms with Gasteiger partial charge in [0.15, 0.2) is 5.69 Å². The van der Waals surface area contributed by atoms with Crippen LogP contribution in [0.25, 0.3) is 11.3 Å². The molecule has 9 nitrogen and oxygen atoms in total. The number of nitrogens with two attached hydrogens (primary N) is 2. The Labute approximate surface area is 207 Å². The van der Waals surface area contributed by atoms with Crippen molar-refractivity contribution < 1.29 is 36.6 Å². The van der Waals surface area contributed by atoms with Gasteiger partial charge < -0.3 is 26.6 Å². The van der Waals surface area contributed by atoms with Crippen LogP contribution in [-0.4, -0.2) is 45.7 Å². The largest absolute Gasteiger partial charge is 0.476 e. The summed E-state index contributed by atoms with van der Waals surface area (Å²) < 4.78 is 74.9. The minimum atomic E-state index is -5.08. The number of ether oxygens (including phenoxy) is 1. The van der Waals surface area contributed by atoms with E-state index in [1.54, 1.807) is 0 Å². The highest BCUT2D eigenvalue weighted by molar-refractivity contribution is 6.07. The Balaban J connectivity index is 0.00000456. The van der Waals surface area contributed by atoms with Crippen molar-refractivity contribution in [1.82, 2.24) is 15.0 Å². The number of alkyl halides is 3. The summed E-state index contributed by atoms with van der Waals surface area (Å²) in [7, 11) is 0. The van der Waals surface area contributed by atoms with E-state index < -0.39 is 57.8 Å². The molecule has 1 unspecified atom stereocenters. The molecule has 0 aliphatic rings.